The summed E-state index contributed by atoms with van der Waals surface area (Å²) in [6.07, 6.45) is 0.724. The van der Waals surface area contributed by atoms with Gasteiger partial charge in [-0.3, -0.25) is 5.43 Å². The summed E-state index contributed by atoms with van der Waals surface area (Å²) < 4.78 is 10.6. The van der Waals surface area contributed by atoms with Gasteiger partial charge in [-0.25, -0.2) is 0 Å². The Morgan fingerprint density at radius 1 is 1.15 bits per heavy atom. The second kappa shape index (κ2) is 9.40. The zero-order chi connectivity index (χ0) is 19.1. The highest BCUT2D eigenvalue weighted by Gasteiger charge is 2.09. The quantitative estimate of drug-likeness (QED) is 0.422. The Kier molecular flexibility index (Phi) is 7.24. The molecule has 0 atom stereocenters. The van der Waals surface area contributed by atoms with E-state index in [1.54, 1.807) is 14.2 Å². The molecule has 0 aliphatic carbocycles. The number of halogens is 1. The molecule has 0 heterocycles. The van der Waals surface area contributed by atoms with Crippen LogP contribution in [0, 0.1) is 6.92 Å². The molecule has 0 spiro atoms. The lowest BCUT2D eigenvalue weighted by atomic mass is 10.1. The van der Waals surface area contributed by atoms with Crippen molar-refractivity contribution in [1.29, 1.82) is 0 Å². The molecular weight excluding hydrogens is 370 g/mol. The van der Waals surface area contributed by atoms with Gasteiger partial charge in [-0.2, -0.15) is 5.10 Å². The molecule has 0 radical (unpaired) electrons. The lowest BCUT2D eigenvalue weighted by Crippen LogP contribution is -2.25. The van der Waals surface area contributed by atoms with Crippen molar-refractivity contribution in [2.45, 2.75) is 20.3 Å². The van der Waals surface area contributed by atoms with E-state index in [1.165, 1.54) is 0 Å². The van der Waals surface area contributed by atoms with Crippen LogP contribution >= 0.6 is 23.8 Å². The van der Waals surface area contributed by atoms with Crippen molar-refractivity contribution in [3.8, 4) is 11.5 Å². The van der Waals surface area contributed by atoms with Crippen LogP contribution in [0.1, 0.15) is 24.5 Å². The van der Waals surface area contributed by atoms with Crippen LogP contribution in [0.3, 0.4) is 0 Å². The lowest BCUT2D eigenvalue weighted by molar-refractivity contribution is 0.355. The van der Waals surface area contributed by atoms with Crippen LogP contribution in [0.2, 0.25) is 5.02 Å². The molecular formula is C19H22ClN3O2S. The van der Waals surface area contributed by atoms with Crippen molar-refractivity contribution >= 4 is 40.3 Å². The third-order valence-electron chi connectivity index (χ3n) is 3.86. The van der Waals surface area contributed by atoms with Gasteiger partial charge in [0.15, 0.2) is 16.6 Å². The molecule has 0 fully saturated rings. The minimum absolute atomic E-state index is 0.391. The first kappa shape index (κ1) is 20.0. The number of benzene rings is 2. The van der Waals surface area contributed by atoms with E-state index >= 15 is 0 Å². The standard InChI is InChI=1S/C19H22ClN3O2S/c1-5-15(13-9-10-17(24-3)18(11-13)25-4)22-23-19(26)21-16-8-6-7-14(20)12(16)2/h6-11H,5H2,1-4H3,(H2,21,23,26)/b22-15+. The summed E-state index contributed by atoms with van der Waals surface area (Å²) in [5.41, 5.74) is 6.43. The van der Waals surface area contributed by atoms with Crippen molar-refractivity contribution in [3.05, 3.63) is 52.5 Å². The molecule has 2 aromatic rings. The SMILES string of the molecule is CC/C(=N\NC(=S)Nc1cccc(Cl)c1C)c1ccc(OC)c(OC)c1. The number of nitrogens with zero attached hydrogens (tertiary/aromatic N) is 1. The van der Waals surface area contributed by atoms with Crippen molar-refractivity contribution in [2.24, 2.45) is 5.10 Å². The Balaban J connectivity index is 2.14. The minimum atomic E-state index is 0.391. The van der Waals surface area contributed by atoms with Crippen LogP contribution in [0.4, 0.5) is 5.69 Å². The van der Waals surface area contributed by atoms with E-state index in [-0.39, 0.29) is 0 Å². The van der Waals surface area contributed by atoms with Crippen LogP contribution in [0.15, 0.2) is 41.5 Å². The number of hydrazone groups is 1. The van der Waals surface area contributed by atoms with Crippen LogP contribution in [0.25, 0.3) is 0 Å². The van der Waals surface area contributed by atoms with E-state index in [4.69, 9.17) is 33.3 Å². The maximum absolute atomic E-state index is 6.13. The Labute approximate surface area is 164 Å². The average Bonchev–Trinajstić information content (AvgIpc) is 2.65. The Hall–Kier alpha value is -2.31. The molecule has 26 heavy (non-hydrogen) atoms. The lowest BCUT2D eigenvalue weighted by Gasteiger charge is -2.13. The van der Waals surface area contributed by atoms with Crippen molar-refractivity contribution in [1.82, 2.24) is 5.43 Å². The number of nitrogens with one attached hydrogen (secondary N) is 2. The van der Waals surface area contributed by atoms with Gasteiger partial charge in [0.25, 0.3) is 0 Å². The predicted molar refractivity (Wildman–Crippen MR) is 112 cm³/mol. The van der Waals surface area contributed by atoms with Gasteiger partial charge in [0.2, 0.25) is 0 Å². The first-order valence-electron chi connectivity index (χ1n) is 8.11. The van der Waals surface area contributed by atoms with E-state index in [9.17, 15) is 0 Å². The summed E-state index contributed by atoms with van der Waals surface area (Å²) >= 11 is 11.5. The predicted octanol–water partition coefficient (Wildman–Crippen LogP) is 4.77. The molecule has 0 aliphatic heterocycles. The Morgan fingerprint density at radius 2 is 1.88 bits per heavy atom. The fourth-order valence-electron chi connectivity index (χ4n) is 2.37. The topological polar surface area (TPSA) is 54.9 Å². The first-order valence-corrected chi connectivity index (χ1v) is 8.89. The van der Waals surface area contributed by atoms with Crippen molar-refractivity contribution < 1.29 is 9.47 Å². The maximum atomic E-state index is 6.13. The molecule has 2 rings (SSSR count). The maximum Gasteiger partial charge on any atom is 0.191 e. The smallest absolute Gasteiger partial charge is 0.191 e. The van der Waals surface area contributed by atoms with Gasteiger partial charge in [-0.1, -0.05) is 24.6 Å². The number of rotatable bonds is 6. The first-order chi connectivity index (χ1) is 12.5. The summed E-state index contributed by atoms with van der Waals surface area (Å²) in [5.74, 6) is 1.33. The van der Waals surface area contributed by atoms with Gasteiger partial charge in [0.05, 0.1) is 19.9 Å². The molecule has 2 aromatic carbocycles. The molecule has 0 saturated carbocycles. The summed E-state index contributed by atoms with van der Waals surface area (Å²) in [7, 11) is 3.21. The van der Waals surface area contributed by atoms with Crippen LogP contribution < -0.4 is 20.2 Å². The van der Waals surface area contributed by atoms with Crippen LogP contribution in [-0.2, 0) is 0 Å². The fraction of sp³-hybridized carbons (Fsp3) is 0.263. The van der Waals surface area contributed by atoms with Gasteiger partial charge in [-0.15, -0.1) is 0 Å². The van der Waals surface area contributed by atoms with E-state index in [0.29, 0.717) is 21.6 Å². The molecule has 0 unspecified atom stereocenters. The van der Waals surface area contributed by atoms with Crippen LogP contribution in [0.5, 0.6) is 11.5 Å². The summed E-state index contributed by atoms with van der Waals surface area (Å²) in [6, 6.07) is 11.3. The monoisotopic (exact) mass is 391 g/mol. The third kappa shape index (κ3) is 4.86. The Morgan fingerprint density at radius 3 is 2.54 bits per heavy atom. The van der Waals surface area contributed by atoms with Gasteiger partial charge < -0.3 is 14.8 Å². The van der Waals surface area contributed by atoms with Crippen molar-refractivity contribution in [3.63, 3.8) is 0 Å². The largest absolute Gasteiger partial charge is 0.493 e. The van der Waals surface area contributed by atoms with Gasteiger partial charge >= 0.3 is 0 Å². The zero-order valence-electron chi connectivity index (χ0n) is 15.2. The third-order valence-corrected chi connectivity index (χ3v) is 4.46. The van der Waals surface area contributed by atoms with Crippen LogP contribution in [-0.4, -0.2) is 25.0 Å². The number of anilines is 1. The molecule has 0 aromatic heterocycles. The molecule has 0 bridgehead atoms. The van der Waals surface area contributed by atoms with E-state index in [1.807, 2.05) is 50.2 Å². The zero-order valence-corrected chi connectivity index (χ0v) is 16.8. The highest BCUT2D eigenvalue weighted by molar-refractivity contribution is 7.80. The second-order valence-corrected chi connectivity index (χ2v) is 6.28. The molecule has 0 amide bonds. The van der Waals surface area contributed by atoms with Gasteiger partial charge in [0, 0.05) is 16.3 Å². The van der Waals surface area contributed by atoms with Crippen molar-refractivity contribution in [2.75, 3.05) is 19.5 Å². The molecule has 0 aliphatic rings. The van der Waals surface area contributed by atoms with E-state index in [0.717, 1.165) is 28.9 Å². The number of hydrogen-bond donors (Lipinski definition) is 2. The second-order valence-electron chi connectivity index (χ2n) is 5.46. The fourth-order valence-corrected chi connectivity index (χ4v) is 2.71. The normalized spacial score (nSPS) is 11.0. The molecule has 5 nitrogen and oxygen atoms in total. The summed E-state index contributed by atoms with van der Waals surface area (Å²) in [4.78, 5) is 0. The minimum Gasteiger partial charge on any atom is -0.493 e. The molecule has 2 N–H and O–H groups in total. The summed E-state index contributed by atoms with van der Waals surface area (Å²) in [6.45, 7) is 3.95. The number of hydrogen-bond acceptors (Lipinski definition) is 4. The molecule has 138 valence electrons. The van der Waals surface area contributed by atoms with E-state index < -0.39 is 0 Å². The number of ether oxygens (including phenoxy) is 2. The average molecular weight is 392 g/mol. The number of methoxy groups -OCH3 is 2. The Bertz CT molecular complexity index is 824. The summed E-state index contributed by atoms with van der Waals surface area (Å²) in [5, 5.41) is 8.60. The highest BCUT2D eigenvalue weighted by Crippen LogP contribution is 2.28. The van der Waals surface area contributed by atoms with Gasteiger partial charge in [0.1, 0.15) is 0 Å². The van der Waals surface area contributed by atoms with E-state index in [2.05, 4.69) is 15.8 Å². The molecule has 0 saturated heterocycles. The molecule has 7 heteroatoms. The highest BCUT2D eigenvalue weighted by atomic mass is 35.5. The number of thiocarbonyl (C=S) groups is 1. The van der Waals surface area contributed by atoms with Gasteiger partial charge in [-0.05, 0) is 61.5 Å².